The van der Waals surface area contributed by atoms with Crippen LogP contribution in [0.2, 0.25) is 0 Å². The second-order valence-electron chi connectivity index (χ2n) is 8.34. The Morgan fingerprint density at radius 2 is 1.74 bits per heavy atom. The van der Waals surface area contributed by atoms with E-state index in [2.05, 4.69) is 24.8 Å². The first kappa shape index (κ1) is 20.3. The number of nitrogens with zero attached hydrogens (tertiary/aromatic N) is 3. The molecule has 3 rings (SSSR count). The lowest BCUT2D eigenvalue weighted by atomic mass is 9.98. The number of amides is 2. The molecule has 3 fully saturated rings. The lowest BCUT2D eigenvalue weighted by Crippen LogP contribution is -2.53. The van der Waals surface area contributed by atoms with Gasteiger partial charge in [0.25, 0.3) is 0 Å². The topological polar surface area (TPSA) is 64.1 Å². The molecule has 3 aliphatic heterocycles. The van der Waals surface area contributed by atoms with Crippen LogP contribution in [0.5, 0.6) is 0 Å². The number of rotatable bonds is 7. The molecule has 2 bridgehead atoms. The van der Waals surface area contributed by atoms with E-state index in [1.54, 1.807) is 0 Å². The normalized spacial score (nSPS) is 26.9. The zero-order valence-electron chi connectivity index (χ0n) is 16.9. The number of aliphatic hydroxyl groups is 1. The van der Waals surface area contributed by atoms with Crippen LogP contribution in [0.1, 0.15) is 52.4 Å². The molecular weight excluding hydrogens is 342 g/mol. The fourth-order valence-corrected chi connectivity index (χ4v) is 4.83. The van der Waals surface area contributed by atoms with E-state index in [0.29, 0.717) is 25.6 Å². The Balaban J connectivity index is 1.51. The number of hydrogen-bond donors (Lipinski definition) is 1. The first-order chi connectivity index (χ1) is 13.1. The summed E-state index contributed by atoms with van der Waals surface area (Å²) in [6.45, 7) is 8.08. The number of piperidine rings is 1. The van der Waals surface area contributed by atoms with E-state index in [0.717, 1.165) is 57.2 Å². The van der Waals surface area contributed by atoms with E-state index in [1.165, 1.54) is 0 Å². The highest BCUT2D eigenvalue weighted by Gasteiger charge is 2.47. The monoisotopic (exact) mass is 377 g/mol. The number of piperazine rings is 1. The van der Waals surface area contributed by atoms with Gasteiger partial charge in [0, 0.05) is 25.3 Å². The highest BCUT2D eigenvalue weighted by atomic mass is 16.3. The molecule has 3 heterocycles. The molecule has 0 saturated carbocycles. The second kappa shape index (κ2) is 9.20. The molecule has 152 valence electrons. The van der Waals surface area contributed by atoms with Crippen molar-refractivity contribution in [1.29, 1.82) is 0 Å². The maximum atomic E-state index is 12.9. The molecule has 27 heavy (non-hydrogen) atoms. The van der Waals surface area contributed by atoms with Crippen molar-refractivity contribution in [3.05, 3.63) is 11.6 Å². The van der Waals surface area contributed by atoms with Crippen LogP contribution >= 0.6 is 0 Å². The molecule has 0 aromatic heterocycles. The van der Waals surface area contributed by atoms with Gasteiger partial charge >= 0.3 is 0 Å². The summed E-state index contributed by atoms with van der Waals surface area (Å²) in [5.74, 6) is 0.784. The van der Waals surface area contributed by atoms with Gasteiger partial charge in [-0.15, -0.1) is 0 Å². The number of carbonyl (C=O) groups is 2. The molecule has 6 heteroatoms. The Morgan fingerprint density at radius 3 is 2.30 bits per heavy atom. The smallest absolute Gasteiger partial charge is 0.249 e. The van der Waals surface area contributed by atoms with E-state index in [-0.39, 0.29) is 30.5 Å². The van der Waals surface area contributed by atoms with Crippen molar-refractivity contribution in [1.82, 2.24) is 14.7 Å². The summed E-state index contributed by atoms with van der Waals surface area (Å²) in [4.78, 5) is 31.9. The average molecular weight is 378 g/mol. The van der Waals surface area contributed by atoms with Gasteiger partial charge in [0.2, 0.25) is 11.8 Å². The Morgan fingerprint density at radius 1 is 1.07 bits per heavy atom. The van der Waals surface area contributed by atoms with E-state index in [1.807, 2.05) is 9.80 Å². The molecule has 0 aromatic rings. The van der Waals surface area contributed by atoms with Crippen LogP contribution in [0.25, 0.3) is 0 Å². The fourth-order valence-electron chi connectivity index (χ4n) is 4.83. The molecule has 0 unspecified atom stereocenters. The van der Waals surface area contributed by atoms with Gasteiger partial charge in [0.15, 0.2) is 0 Å². The molecule has 6 nitrogen and oxygen atoms in total. The summed E-state index contributed by atoms with van der Waals surface area (Å²) in [5.41, 5.74) is 0.942. The van der Waals surface area contributed by atoms with Crippen molar-refractivity contribution in [3.63, 3.8) is 0 Å². The summed E-state index contributed by atoms with van der Waals surface area (Å²) in [6.07, 6.45) is 7.65. The number of likely N-dealkylation sites (tertiary alicyclic amines) is 3. The molecule has 0 aromatic carbocycles. The van der Waals surface area contributed by atoms with E-state index in [9.17, 15) is 14.7 Å². The standard InChI is InChI=1S/C21H35N3O3/c1-3-5-17(6-4-2)21(27)24-13-18-11-19(24)12-23(18)20(26)14-22-9-7-16(15-25)8-10-22/h5,16,18-19,25H,3-4,6-15H2,1-2H3/b17-5+/t18-,19-/m0/s1. The van der Waals surface area contributed by atoms with Crippen LogP contribution in [0.15, 0.2) is 11.6 Å². The minimum absolute atomic E-state index is 0.184. The molecule has 0 aliphatic carbocycles. The number of aliphatic hydroxyl groups excluding tert-OH is 1. The SMILES string of the molecule is CC/C=C(\CCC)C(=O)N1C[C@@H]2C[C@H]1CN2C(=O)CN1CCC(CO)CC1. The molecule has 3 saturated heterocycles. The lowest BCUT2D eigenvalue weighted by Gasteiger charge is -2.37. The van der Waals surface area contributed by atoms with Gasteiger partial charge in [-0.25, -0.2) is 0 Å². The van der Waals surface area contributed by atoms with Gasteiger partial charge in [-0.2, -0.15) is 0 Å². The third kappa shape index (κ3) is 4.54. The van der Waals surface area contributed by atoms with Gasteiger partial charge in [-0.1, -0.05) is 26.3 Å². The van der Waals surface area contributed by atoms with Crippen LogP contribution < -0.4 is 0 Å². The second-order valence-corrected chi connectivity index (χ2v) is 8.34. The van der Waals surface area contributed by atoms with E-state index >= 15 is 0 Å². The van der Waals surface area contributed by atoms with Gasteiger partial charge in [0.05, 0.1) is 18.6 Å². The van der Waals surface area contributed by atoms with Crippen molar-refractivity contribution in [2.24, 2.45) is 5.92 Å². The van der Waals surface area contributed by atoms with Crippen LogP contribution in [-0.2, 0) is 9.59 Å². The van der Waals surface area contributed by atoms with Crippen molar-refractivity contribution >= 4 is 11.8 Å². The third-order valence-corrected chi connectivity index (χ3v) is 6.39. The molecule has 0 spiro atoms. The minimum Gasteiger partial charge on any atom is -0.396 e. The first-order valence-corrected chi connectivity index (χ1v) is 10.7. The largest absolute Gasteiger partial charge is 0.396 e. The highest BCUT2D eigenvalue weighted by molar-refractivity contribution is 5.94. The van der Waals surface area contributed by atoms with Gasteiger partial charge < -0.3 is 14.9 Å². The predicted octanol–water partition coefficient (Wildman–Crippen LogP) is 1.64. The number of hydrogen-bond acceptors (Lipinski definition) is 4. The Hall–Kier alpha value is -1.40. The maximum Gasteiger partial charge on any atom is 0.249 e. The quantitative estimate of drug-likeness (QED) is 0.685. The minimum atomic E-state index is 0.184. The fraction of sp³-hybridized carbons (Fsp3) is 0.810. The van der Waals surface area contributed by atoms with Crippen LogP contribution in [0.3, 0.4) is 0 Å². The summed E-state index contributed by atoms with van der Waals surface area (Å²) in [5, 5.41) is 9.25. The third-order valence-electron chi connectivity index (χ3n) is 6.39. The molecule has 3 aliphatic rings. The Bertz CT molecular complexity index is 569. The van der Waals surface area contributed by atoms with Crippen LogP contribution in [-0.4, -0.2) is 83.0 Å². The van der Waals surface area contributed by atoms with Crippen LogP contribution in [0.4, 0.5) is 0 Å². The molecule has 2 amide bonds. The number of allylic oxidation sites excluding steroid dienone is 1. The molecule has 1 N–H and O–H groups in total. The van der Waals surface area contributed by atoms with Crippen molar-refractivity contribution < 1.29 is 14.7 Å². The van der Waals surface area contributed by atoms with Gasteiger partial charge in [-0.05, 0) is 51.1 Å². The molecule has 0 radical (unpaired) electrons. The lowest BCUT2D eigenvalue weighted by molar-refractivity contribution is -0.139. The summed E-state index contributed by atoms with van der Waals surface area (Å²) in [6, 6.07) is 0.370. The van der Waals surface area contributed by atoms with Gasteiger partial charge in [-0.3, -0.25) is 14.5 Å². The van der Waals surface area contributed by atoms with Gasteiger partial charge in [0.1, 0.15) is 0 Å². The predicted molar refractivity (Wildman–Crippen MR) is 105 cm³/mol. The first-order valence-electron chi connectivity index (χ1n) is 10.7. The van der Waals surface area contributed by atoms with Crippen molar-refractivity contribution in [3.8, 4) is 0 Å². The summed E-state index contributed by atoms with van der Waals surface area (Å²) >= 11 is 0. The highest BCUT2D eigenvalue weighted by Crippen LogP contribution is 2.32. The molecular formula is C21H35N3O3. The number of carbonyl (C=O) groups excluding carboxylic acids is 2. The van der Waals surface area contributed by atoms with E-state index < -0.39 is 0 Å². The maximum absolute atomic E-state index is 12.9. The van der Waals surface area contributed by atoms with Crippen molar-refractivity contribution in [2.75, 3.05) is 39.3 Å². The Kier molecular flexibility index (Phi) is 6.93. The zero-order valence-corrected chi connectivity index (χ0v) is 16.9. The number of fused-ring (bicyclic) bond motifs is 2. The van der Waals surface area contributed by atoms with Crippen molar-refractivity contribution in [2.45, 2.75) is 64.5 Å². The average Bonchev–Trinajstić information content (AvgIpc) is 3.29. The Labute approximate surface area is 163 Å². The molecule has 2 atom stereocenters. The van der Waals surface area contributed by atoms with E-state index in [4.69, 9.17) is 0 Å². The zero-order chi connectivity index (χ0) is 19.4. The summed E-state index contributed by atoms with van der Waals surface area (Å²) in [7, 11) is 0. The van der Waals surface area contributed by atoms with Crippen LogP contribution in [0, 0.1) is 5.92 Å². The summed E-state index contributed by atoms with van der Waals surface area (Å²) < 4.78 is 0.